The van der Waals surface area contributed by atoms with Crippen LogP contribution in [0.25, 0.3) is 16.9 Å². The summed E-state index contributed by atoms with van der Waals surface area (Å²) < 4.78 is 1.71. The Morgan fingerprint density at radius 1 is 1.22 bits per heavy atom. The van der Waals surface area contributed by atoms with Crippen LogP contribution in [0.3, 0.4) is 0 Å². The van der Waals surface area contributed by atoms with E-state index in [4.69, 9.17) is 0 Å². The fourth-order valence-electron chi connectivity index (χ4n) is 2.46. The van der Waals surface area contributed by atoms with Gasteiger partial charge in [-0.25, -0.2) is 9.50 Å². The Kier molecular flexibility index (Phi) is 4.37. The van der Waals surface area contributed by atoms with Gasteiger partial charge in [0.05, 0.1) is 5.69 Å². The molecule has 0 aliphatic rings. The lowest BCUT2D eigenvalue weighted by Crippen LogP contribution is -2.24. The Bertz CT molecular complexity index is 824. The lowest BCUT2D eigenvalue weighted by atomic mass is 10.1. The molecule has 0 bridgehead atoms. The van der Waals surface area contributed by atoms with E-state index >= 15 is 0 Å². The van der Waals surface area contributed by atoms with Crippen molar-refractivity contribution in [2.75, 3.05) is 6.54 Å². The number of carbonyl (C=O) groups is 1. The molecule has 0 aliphatic heterocycles. The Hall–Kier alpha value is -2.69. The molecule has 0 saturated carbocycles. The van der Waals surface area contributed by atoms with E-state index in [1.165, 1.54) is 0 Å². The van der Waals surface area contributed by atoms with E-state index < -0.39 is 0 Å². The van der Waals surface area contributed by atoms with E-state index in [1.54, 1.807) is 10.6 Å². The van der Waals surface area contributed by atoms with Gasteiger partial charge in [-0.2, -0.15) is 5.10 Å². The summed E-state index contributed by atoms with van der Waals surface area (Å²) >= 11 is 0. The zero-order valence-corrected chi connectivity index (χ0v) is 13.4. The van der Waals surface area contributed by atoms with Crippen molar-refractivity contribution in [2.45, 2.75) is 26.7 Å². The first-order chi connectivity index (χ1) is 11.2. The van der Waals surface area contributed by atoms with Crippen molar-refractivity contribution < 1.29 is 4.79 Å². The van der Waals surface area contributed by atoms with Gasteiger partial charge in [0.1, 0.15) is 0 Å². The maximum atomic E-state index is 12.1. The van der Waals surface area contributed by atoms with Crippen LogP contribution in [-0.4, -0.2) is 27.0 Å². The number of unbranched alkanes of at least 4 members (excludes halogenated alkanes) is 1. The van der Waals surface area contributed by atoms with Crippen LogP contribution >= 0.6 is 0 Å². The largest absolute Gasteiger partial charge is 0.351 e. The molecule has 0 radical (unpaired) electrons. The van der Waals surface area contributed by atoms with E-state index in [0.29, 0.717) is 17.9 Å². The molecule has 2 aromatic heterocycles. The van der Waals surface area contributed by atoms with Crippen molar-refractivity contribution in [2.24, 2.45) is 0 Å². The highest BCUT2D eigenvalue weighted by atomic mass is 16.1. The van der Waals surface area contributed by atoms with Gasteiger partial charge in [-0.3, -0.25) is 4.79 Å². The van der Waals surface area contributed by atoms with Gasteiger partial charge in [-0.15, -0.1) is 0 Å². The van der Waals surface area contributed by atoms with Crippen LogP contribution in [0.4, 0.5) is 0 Å². The summed E-state index contributed by atoms with van der Waals surface area (Å²) in [4.78, 5) is 16.8. The van der Waals surface area contributed by atoms with Gasteiger partial charge in [0, 0.05) is 23.9 Å². The Morgan fingerprint density at radius 3 is 2.74 bits per heavy atom. The zero-order chi connectivity index (χ0) is 16.2. The van der Waals surface area contributed by atoms with E-state index in [2.05, 4.69) is 22.3 Å². The molecule has 3 rings (SSSR count). The number of aromatic nitrogens is 3. The maximum absolute atomic E-state index is 12.1. The van der Waals surface area contributed by atoms with E-state index in [0.717, 1.165) is 29.8 Å². The second-order valence-corrected chi connectivity index (χ2v) is 5.56. The molecule has 1 N–H and O–H groups in total. The average molecular weight is 308 g/mol. The number of nitrogens with zero attached hydrogens (tertiary/aromatic N) is 3. The third kappa shape index (κ3) is 3.23. The van der Waals surface area contributed by atoms with E-state index in [1.807, 2.05) is 43.3 Å². The van der Waals surface area contributed by atoms with Gasteiger partial charge in [0.15, 0.2) is 11.3 Å². The molecule has 1 aromatic carbocycles. The third-order valence-electron chi connectivity index (χ3n) is 3.72. The highest BCUT2D eigenvalue weighted by Gasteiger charge is 2.13. The number of aryl methyl sites for hydroxylation is 1. The molecule has 0 aliphatic carbocycles. The number of hydrogen-bond acceptors (Lipinski definition) is 3. The molecular weight excluding hydrogens is 288 g/mol. The molecule has 0 fully saturated rings. The summed E-state index contributed by atoms with van der Waals surface area (Å²) in [5.74, 6) is -0.149. The number of fused-ring (bicyclic) bond motifs is 1. The van der Waals surface area contributed by atoms with Crippen LogP contribution in [0.15, 0.2) is 42.5 Å². The van der Waals surface area contributed by atoms with Crippen LogP contribution < -0.4 is 5.32 Å². The smallest absolute Gasteiger partial charge is 0.271 e. The molecule has 23 heavy (non-hydrogen) atoms. The predicted molar refractivity (Wildman–Crippen MR) is 90.4 cm³/mol. The number of nitrogens with one attached hydrogen (secondary N) is 1. The fraction of sp³-hybridized carbons (Fsp3) is 0.278. The number of rotatable bonds is 5. The SMILES string of the molecule is CCCCNC(=O)c1cc2nc(-c3ccccc3)cc(C)n2n1. The van der Waals surface area contributed by atoms with Crippen molar-refractivity contribution in [3.05, 3.63) is 53.9 Å². The minimum absolute atomic E-state index is 0.149. The number of hydrogen-bond donors (Lipinski definition) is 1. The summed E-state index contributed by atoms with van der Waals surface area (Å²) in [5, 5.41) is 7.25. The quantitative estimate of drug-likeness (QED) is 0.736. The summed E-state index contributed by atoms with van der Waals surface area (Å²) in [6.45, 7) is 4.73. The standard InChI is InChI=1S/C18H20N4O/c1-3-4-10-19-18(23)16-12-17-20-15(11-13(2)22(17)21-16)14-8-6-5-7-9-14/h5-9,11-12H,3-4,10H2,1-2H3,(H,19,23). The first-order valence-electron chi connectivity index (χ1n) is 7.90. The Morgan fingerprint density at radius 2 is 2.00 bits per heavy atom. The first kappa shape index (κ1) is 15.2. The molecule has 2 heterocycles. The summed E-state index contributed by atoms with van der Waals surface area (Å²) in [6.07, 6.45) is 2.01. The number of amides is 1. The second-order valence-electron chi connectivity index (χ2n) is 5.56. The molecule has 3 aromatic rings. The van der Waals surface area contributed by atoms with Crippen molar-refractivity contribution in [3.63, 3.8) is 0 Å². The molecule has 5 heteroatoms. The van der Waals surface area contributed by atoms with E-state index in [-0.39, 0.29) is 5.91 Å². The molecule has 118 valence electrons. The number of carbonyl (C=O) groups excluding carboxylic acids is 1. The normalized spacial score (nSPS) is 10.9. The summed E-state index contributed by atoms with van der Waals surface area (Å²) in [5.41, 5.74) is 3.97. The lowest BCUT2D eigenvalue weighted by molar-refractivity contribution is 0.0948. The number of benzene rings is 1. The fourth-order valence-corrected chi connectivity index (χ4v) is 2.46. The van der Waals surface area contributed by atoms with Gasteiger partial charge in [-0.1, -0.05) is 43.7 Å². The maximum Gasteiger partial charge on any atom is 0.271 e. The Labute approximate surface area is 135 Å². The molecule has 0 unspecified atom stereocenters. The second kappa shape index (κ2) is 6.60. The monoisotopic (exact) mass is 308 g/mol. The van der Waals surface area contributed by atoms with Gasteiger partial charge in [-0.05, 0) is 19.4 Å². The molecule has 0 spiro atoms. The molecule has 1 amide bonds. The van der Waals surface area contributed by atoms with Crippen LogP contribution in [0.2, 0.25) is 0 Å². The molecular formula is C18H20N4O. The Balaban J connectivity index is 1.93. The van der Waals surface area contributed by atoms with Crippen molar-refractivity contribution in [3.8, 4) is 11.3 Å². The van der Waals surface area contributed by atoms with Crippen molar-refractivity contribution >= 4 is 11.6 Å². The summed E-state index contributed by atoms with van der Waals surface area (Å²) in [6, 6.07) is 13.7. The van der Waals surface area contributed by atoms with Gasteiger partial charge in [0.2, 0.25) is 0 Å². The zero-order valence-electron chi connectivity index (χ0n) is 13.4. The predicted octanol–water partition coefficient (Wildman–Crippen LogP) is 3.23. The van der Waals surface area contributed by atoms with Crippen LogP contribution in [0, 0.1) is 6.92 Å². The van der Waals surface area contributed by atoms with Gasteiger partial charge in [0.25, 0.3) is 5.91 Å². The minimum Gasteiger partial charge on any atom is -0.351 e. The summed E-state index contributed by atoms with van der Waals surface area (Å²) in [7, 11) is 0. The molecule has 5 nitrogen and oxygen atoms in total. The van der Waals surface area contributed by atoms with Crippen LogP contribution in [-0.2, 0) is 0 Å². The van der Waals surface area contributed by atoms with Gasteiger partial charge >= 0.3 is 0 Å². The topological polar surface area (TPSA) is 59.3 Å². The lowest BCUT2D eigenvalue weighted by Gasteiger charge is -2.04. The van der Waals surface area contributed by atoms with E-state index in [9.17, 15) is 4.79 Å². The minimum atomic E-state index is -0.149. The van der Waals surface area contributed by atoms with Gasteiger partial charge < -0.3 is 5.32 Å². The highest BCUT2D eigenvalue weighted by molar-refractivity contribution is 5.93. The molecule has 0 saturated heterocycles. The van der Waals surface area contributed by atoms with Crippen molar-refractivity contribution in [1.29, 1.82) is 0 Å². The van der Waals surface area contributed by atoms with Crippen LogP contribution in [0.5, 0.6) is 0 Å². The first-order valence-corrected chi connectivity index (χ1v) is 7.90. The highest BCUT2D eigenvalue weighted by Crippen LogP contribution is 2.19. The van der Waals surface area contributed by atoms with Crippen LogP contribution in [0.1, 0.15) is 35.9 Å². The molecule has 0 atom stereocenters. The van der Waals surface area contributed by atoms with Crippen molar-refractivity contribution in [1.82, 2.24) is 19.9 Å². The third-order valence-corrected chi connectivity index (χ3v) is 3.72. The average Bonchev–Trinajstić information content (AvgIpc) is 3.01.